The average Bonchev–Trinajstić information content (AvgIpc) is 2.75. The van der Waals surface area contributed by atoms with Crippen molar-refractivity contribution in [1.82, 2.24) is 20.3 Å². The Morgan fingerprint density at radius 3 is 2.83 bits per heavy atom. The van der Waals surface area contributed by atoms with Gasteiger partial charge in [-0.2, -0.15) is 0 Å². The quantitative estimate of drug-likeness (QED) is 0.275. The lowest BCUT2D eigenvalue weighted by molar-refractivity contribution is 0.159. The Bertz CT molecular complexity index is 770. The van der Waals surface area contributed by atoms with E-state index in [0.29, 0.717) is 25.2 Å². The number of aliphatic imine (C=N–C) groups is 1. The van der Waals surface area contributed by atoms with Gasteiger partial charge < -0.3 is 20.3 Å². The average molecular weight is 440 g/mol. The molecule has 1 heterocycles. The van der Waals surface area contributed by atoms with Crippen LogP contribution in [0.25, 0.3) is 0 Å². The van der Waals surface area contributed by atoms with Crippen molar-refractivity contribution >= 4 is 16.0 Å². The van der Waals surface area contributed by atoms with Crippen LogP contribution in [0.1, 0.15) is 38.2 Å². The molecule has 30 heavy (non-hydrogen) atoms. The lowest BCUT2D eigenvalue weighted by Crippen LogP contribution is -2.41. The number of nitrogens with zero attached hydrogens (tertiary/aromatic N) is 2. The SMILES string of the molecule is CN=C(NCCCN1CCCCC1C)NCc1cccc(S(=O)(=O)NCCOC)c1. The number of nitrogens with one attached hydrogen (secondary N) is 3. The Kier molecular flexibility index (Phi) is 10.6. The van der Waals surface area contributed by atoms with Gasteiger partial charge in [0.05, 0.1) is 11.5 Å². The summed E-state index contributed by atoms with van der Waals surface area (Å²) in [6.45, 7) is 6.53. The zero-order valence-electron chi connectivity index (χ0n) is 18.5. The number of hydrogen-bond donors (Lipinski definition) is 3. The summed E-state index contributed by atoms with van der Waals surface area (Å²) in [4.78, 5) is 7.07. The van der Waals surface area contributed by atoms with E-state index in [1.54, 1.807) is 25.2 Å². The molecule has 0 aromatic heterocycles. The molecule has 1 unspecified atom stereocenters. The molecule has 0 radical (unpaired) electrons. The zero-order chi connectivity index (χ0) is 21.8. The van der Waals surface area contributed by atoms with Gasteiger partial charge in [0.1, 0.15) is 0 Å². The molecule has 0 spiro atoms. The number of hydrogen-bond acceptors (Lipinski definition) is 5. The summed E-state index contributed by atoms with van der Waals surface area (Å²) in [6.07, 6.45) is 5.01. The molecule has 1 aliphatic rings. The van der Waals surface area contributed by atoms with Crippen LogP contribution in [0.3, 0.4) is 0 Å². The number of rotatable bonds is 11. The first-order chi connectivity index (χ1) is 14.5. The van der Waals surface area contributed by atoms with Crippen molar-refractivity contribution in [2.24, 2.45) is 4.99 Å². The van der Waals surface area contributed by atoms with Crippen LogP contribution in [0.15, 0.2) is 34.2 Å². The van der Waals surface area contributed by atoms with Gasteiger partial charge in [-0.05, 0) is 50.4 Å². The van der Waals surface area contributed by atoms with Gasteiger partial charge in [0, 0.05) is 46.4 Å². The van der Waals surface area contributed by atoms with Crippen molar-refractivity contribution in [2.45, 2.75) is 50.1 Å². The third-order valence-electron chi connectivity index (χ3n) is 5.35. The number of benzene rings is 1. The maximum absolute atomic E-state index is 12.4. The maximum Gasteiger partial charge on any atom is 0.240 e. The van der Waals surface area contributed by atoms with Crippen molar-refractivity contribution in [3.63, 3.8) is 0 Å². The van der Waals surface area contributed by atoms with E-state index >= 15 is 0 Å². The number of likely N-dealkylation sites (tertiary alicyclic amines) is 1. The van der Waals surface area contributed by atoms with Crippen molar-refractivity contribution < 1.29 is 13.2 Å². The molecule has 170 valence electrons. The number of guanidine groups is 1. The van der Waals surface area contributed by atoms with Crippen LogP contribution >= 0.6 is 0 Å². The molecule has 1 aliphatic heterocycles. The second-order valence-electron chi connectivity index (χ2n) is 7.62. The highest BCUT2D eigenvalue weighted by atomic mass is 32.2. The van der Waals surface area contributed by atoms with Gasteiger partial charge in [0.15, 0.2) is 5.96 Å². The molecule has 8 nitrogen and oxygen atoms in total. The molecule has 1 fully saturated rings. The predicted molar refractivity (Wildman–Crippen MR) is 121 cm³/mol. The van der Waals surface area contributed by atoms with Gasteiger partial charge in [0.2, 0.25) is 10.0 Å². The standard InChI is InChI=1S/C21H37N5O3S/c1-18-8-4-5-13-26(18)14-7-11-23-21(22-2)24-17-19-9-6-10-20(16-19)30(27,28)25-12-15-29-3/h6,9-10,16,18,25H,4-5,7-8,11-15,17H2,1-3H3,(H2,22,23,24). The van der Waals surface area contributed by atoms with Crippen LogP contribution in [-0.4, -0.2) is 72.3 Å². The molecule has 1 aromatic rings. The van der Waals surface area contributed by atoms with Crippen molar-refractivity contribution in [2.75, 3.05) is 46.9 Å². The van der Waals surface area contributed by atoms with E-state index in [1.807, 2.05) is 6.07 Å². The van der Waals surface area contributed by atoms with Crippen LogP contribution in [0, 0.1) is 0 Å². The van der Waals surface area contributed by atoms with Gasteiger partial charge in [-0.25, -0.2) is 13.1 Å². The predicted octanol–water partition coefficient (Wildman–Crippen LogP) is 1.54. The molecular weight excluding hydrogens is 402 g/mol. The van der Waals surface area contributed by atoms with E-state index in [-0.39, 0.29) is 11.4 Å². The molecular formula is C21H37N5O3S. The lowest BCUT2D eigenvalue weighted by atomic mass is 10.0. The normalized spacial score (nSPS) is 18.4. The Morgan fingerprint density at radius 2 is 2.10 bits per heavy atom. The first kappa shape index (κ1) is 24.6. The summed E-state index contributed by atoms with van der Waals surface area (Å²) in [6, 6.07) is 7.59. The van der Waals surface area contributed by atoms with Crippen LogP contribution < -0.4 is 15.4 Å². The first-order valence-electron chi connectivity index (χ1n) is 10.7. The number of sulfonamides is 1. The summed E-state index contributed by atoms with van der Waals surface area (Å²) < 4.78 is 32.1. The van der Waals surface area contributed by atoms with Crippen molar-refractivity contribution in [1.29, 1.82) is 0 Å². The van der Waals surface area contributed by atoms with Gasteiger partial charge >= 0.3 is 0 Å². The second kappa shape index (κ2) is 12.9. The highest BCUT2D eigenvalue weighted by Crippen LogP contribution is 2.16. The minimum atomic E-state index is -3.54. The molecule has 1 aromatic carbocycles. The largest absolute Gasteiger partial charge is 0.383 e. The first-order valence-corrected chi connectivity index (χ1v) is 12.2. The third kappa shape index (κ3) is 8.22. The summed E-state index contributed by atoms with van der Waals surface area (Å²) in [7, 11) is -0.264. The Hall–Kier alpha value is -1.68. The minimum absolute atomic E-state index is 0.244. The topological polar surface area (TPSA) is 95.1 Å². The monoisotopic (exact) mass is 439 g/mol. The van der Waals surface area contributed by atoms with Crippen LogP contribution in [-0.2, 0) is 21.3 Å². The highest BCUT2D eigenvalue weighted by molar-refractivity contribution is 7.89. The molecule has 0 aliphatic carbocycles. The van der Waals surface area contributed by atoms with E-state index < -0.39 is 10.0 Å². The highest BCUT2D eigenvalue weighted by Gasteiger charge is 2.17. The summed E-state index contributed by atoms with van der Waals surface area (Å²) in [5.74, 6) is 0.716. The fraction of sp³-hybridized carbons (Fsp3) is 0.667. The second-order valence-corrected chi connectivity index (χ2v) is 9.39. The smallest absolute Gasteiger partial charge is 0.240 e. The lowest BCUT2D eigenvalue weighted by Gasteiger charge is -2.33. The van der Waals surface area contributed by atoms with Gasteiger partial charge in [-0.3, -0.25) is 4.99 Å². The third-order valence-corrected chi connectivity index (χ3v) is 6.80. The number of methoxy groups -OCH3 is 1. The van der Waals surface area contributed by atoms with Gasteiger partial charge in [-0.1, -0.05) is 18.6 Å². The maximum atomic E-state index is 12.4. The molecule has 9 heteroatoms. The Balaban J connectivity index is 1.77. The number of ether oxygens (including phenoxy) is 1. The van der Waals surface area contributed by atoms with E-state index in [9.17, 15) is 8.42 Å². The molecule has 0 saturated carbocycles. The van der Waals surface area contributed by atoms with Crippen LogP contribution in [0.4, 0.5) is 0 Å². The molecule has 0 amide bonds. The minimum Gasteiger partial charge on any atom is -0.383 e. The van der Waals surface area contributed by atoms with Gasteiger partial charge in [0.25, 0.3) is 0 Å². The van der Waals surface area contributed by atoms with Crippen LogP contribution in [0.2, 0.25) is 0 Å². The van der Waals surface area contributed by atoms with E-state index in [0.717, 1.165) is 25.1 Å². The van der Waals surface area contributed by atoms with E-state index in [2.05, 4.69) is 32.2 Å². The molecule has 3 N–H and O–H groups in total. The van der Waals surface area contributed by atoms with Crippen molar-refractivity contribution in [3.8, 4) is 0 Å². The fourth-order valence-corrected chi connectivity index (χ4v) is 4.65. The molecule has 1 atom stereocenters. The van der Waals surface area contributed by atoms with Crippen molar-refractivity contribution in [3.05, 3.63) is 29.8 Å². The molecule has 0 bridgehead atoms. The summed E-state index contributed by atoms with van der Waals surface area (Å²) in [5, 5.41) is 6.59. The van der Waals surface area contributed by atoms with Crippen LogP contribution in [0.5, 0.6) is 0 Å². The van der Waals surface area contributed by atoms with E-state index in [1.165, 1.54) is 32.9 Å². The zero-order valence-corrected chi connectivity index (χ0v) is 19.3. The Morgan fingerprint density at radius 1 is 1.27 bits per heavy atom. The summed E-state index contributed by atoms with van der Waals surface area (Å²) in [5.41, 5.74) is 0.870. The molecule has 1 saturated heterocycles. The number of piperidine rings is 1. The Labute approximate surface area is 181 Å². The van der Waals surface area contributed by atoms with E-state index in [4.69, 9.17) is 4.74 Å². The molecule has 2 rings (SSSR count). The summed E-state index contributed by atoms with van der Waals surface area (Å²) >= 11 is 0. The fourth-order valence-electron chi connectivity index (χ4n) is 3.57. The van der Waals surface area contributed by atoms with Gasteiger partial charge in [-0.15, -0.1) is 0 Å².